The number of nitrogens with one attached hydrogen (secondary N) is 2. The lowest BCUT2D eigenvalue weighted by Gasteiger charge is -2.13. The minimum atomic E-state index is -1.65. The van der Waals surface area contributed by atoms with Gasteiger partial charge < -0.3 is 4.74 Å². The van der Waals surface area contributed by atoms with Crippen LogP contribution in [-0.4, -0.2) is 23.8 Å². The van der Waals surface area contributed by atoms with Gasteiger partial charge in [-0.2, -0.15) is 14.7 Å². The monoisotopic (exact) mass is 460 g/mol. The molecule has 0 bridgehead atoms. The van der Waals surface area contributed by atoms with Gasteiger partial charge in [0.15, 0.2) is 11.0 Å². The molecule has 0 saturated heterocycles. The maximum Gasteiger partial charge on any atom is 0.214 e. The summed E-state index contributed by atoms with van der Waals surface area (Å²) in [6.45, 7) is 0. The first-order chi connectivity index (χ1) is 14.5. The molecule has 2 N–H and O–H groups in total. The van der Waals surface area contributed by atoms with Crippen LogP contribution in [0.2, 0.25) is 5.02 Å². The van der Waals surface area contributed by atoms with Crippen molar-refractivity contribution >= 4 is 39.3 Å². The lowest BCUT2D eigenvalue weighted by atomic mass is 10.1. The Hall–Kier alpha value is -3.33. The highest BCUT2D eigenvalue weighted by Crippen LogP contribution is 2.37. The van der Waals surface area contributed by atoms with Crippen LogP contribution < -0.4 is 9.46 Å². The smallest absolute Gasteiger partial charge is 0.214 e. The summed E-state index contributed by atoms with van der Waals surface area (Å²) in [6, 6.07) is 8.99. The molecule has 2 aromatic carbocycles. The second-order valence-corrected chi connectivity index (χ2v) is 8.14. The first-order valence-electron chi connectivity index (χ1n) is 8.20. The molecule has 8 nitrogen and oxygen atoms in total. The highest BCUT2D eigenvalue weighted by Gasteiger charge is 2.16. The number of hydrogen-bond acceptors (Lipinski definition) is 7. The summed E-state index contributed by atoms with van der Waals surface area (Å²) in [6.07, 6.45) is 4.48. The molecule has 2 heterocycles. The molecule has 30 heavy (non-hydrogen) atoms. The maximum absolute atomic E-state index is 14.1. The maximum atomic E-state index is 14.1. The number of anilines is 1. The number of halogens is 2. The number of benzene rings is 2. The van der Waals surface area contributed by atoms with Gasteiger partial charge in [-0.25, -0.2) is 13.6 Å². The van der Waals surface area contributed by atoms with Gasteiger partial charge in [-0.1, -0.05) is 11.6 Å². The standard InChI is InChI=1S/C18H10ClFN6O2S2/c19-14-4-13(11-7-23-24-8-11)17(5-15(14)20)28-16-2-1-12(3-10(16)6-21)30(27)26-18-22-9-25-29-18/h1-5,7-9H,(H,23,24)(H,22,25,26). The normalized spacial score (nSPS) is 11.6. The zero-order valence-corrected chi connectivity index (χ0v) is 17.2. The second kappa shape index (κ2) is 8.58. The number of H-pyrrole nitrogens is 1. The number of aromatic nitrogens is 4. The van der Waals surface area contributed by atoms with Gasteiger partial charge in [0, 0.05) is 34.9 Å². The van der Waals surface area contributed by atoms with Gasteiger partial charge in [-0.05, 0) is 24.3 Å². The Balaban J connectivity index is 1.66. The first-order valence-corrected chi connectivity index (χ1v) is 10.5. The average molecular weight is 461 g/mol. The Kier molecular flexibility index (Phi) is 5.71. The van der Waals surface area contributed by atoms with Crippen molar-refractivity contribution in [3.05, 3.63) is 65.5 Å². The van der Waals surface area contributed by atoms with Crippen LogP contribution in [0.1, 0.15) is 5.56 Å². The van der Waals surface area contributed by atoms with Gasteiger partial charge >= 0.3 is 0 Å². The van der Waals surface area contributed by atoms with Gasteiger partial charge in [0.2, 0.25) is 5.13 Å². The van der Waals surface area contributed by atoms with Crippen LogP contribution in [0.3, 0.4) is 0 Å². The SMILES string of the molecule is N#Cc1cc(S(=O)Nc2ncns2)ccc1Oc1cc(F)c(Cl)cc1-c1cn[nH]c1. The van der Waals surface area contributed by atoms with Gasteiger partial charge in [0.1, 0.15) is 29.7 Å². The van der Waals surface area contributed by atoms with E-state index in [1.54, 1.807) is 6.20 Å². The Morgan fingerprint density at radius 3 is 2.87 bits per heavy atom. The summed E-state index contributed by atoms with van der Waals surface area (Å²) >= 11 is 6.97. The number of ether oxygens (including phenoxy) is 1. The third-order valence-corrected chi connectivity index (χ3v) is 5.94. The van der Waals surface area contributed by atoms with Gasteiger partial charge in [-0.15, -0.1) is 0 Å². The zero-order valence-electron chi connectivity index (χ0n) is 14.8. The molecule has 0 aliphatic heterocycles. The summed E-state index contributed by atoms with van der Waals surface area (Å²) in [5.74, 6) is -0.354. The molecular formula is C18H10ClFN6O2S2. The fourth-order valence-electron chi connectivity index (χ4n) is 2.51. The van der Waals surface area contributed by atoms with Crippen molar-refractivity contribution in [3.63, 3.8) is 0 Å². The molecule has 4 aromatic rings. The lowest BCUT2D eigenvalue weighted by molar-refractivity contribution is 0.476. The molecule has 1 unspecified atom stereocenters. The van der Waals surface area contributed by atoms with E-state index in [0.29, 0.717) is 21.2 Å². The van der Waals surface area contributed by atoms with Crippen molar-refractivity contribution in [2.75, 3.05) is 4.72 Å². The number of nitrogens with zero attached hydrogens (tertiary/aromatic N) is 4. The van der Waals surface area contributed by atoms with Crippen LogP contribution in [0.4, 0.5) is 9.52 Å². The molecule has 0 spiro atoms. The van der Waals surface area contributed by atoms with E-state index in [4.69, 9.17) is 16.3 Å². The van der Waals surface area contributed by atoms with Crippen molar-refractivity contribution in [1.29, 1.82) is 5.26 Å². The molecule has 4 rings (SSSR count). The van der Waals surface area contributed by atoms with Crippen molar-refractivity contribution in [3.8, 4) is 28.7 Å². The third-order valence-electron chi connectivity index (χ3n) is 3.88. The Morgan fingerprint density at radius 1 is 1.30 bits per heavy atom. The fourth-order valence-corrected chi connectivity index (χ4v) is 4.09. The molecule has 0 saturated carbocycles. The largest absolute Gasteiger partial charge is 0.455 e. The molecule has 0 fully saturated rings. The predicted molar refractivity (Wildman–Crippen MR) is 110 cm³/mol. The molecule has 2 aromatic heterocycles. The summed E-state index contributed by atoms with van der Waals surface area (Å²) in [7, 11) is -1.65. The van der Waals surface area contributed by atoms with Crippen LogP contribution >= 0.6 is 23.1 Å². The Labute approximate surface area is 181 Å². The topological polar surface area (TPSA) is 117 Å². The molecule has 0 amide bonds. The number of nitriles is 1. The van der Waals surface area contributed by atoms with Crippen molar-refractivity contribution in [2.24, 2.45) is 0 Å². The van der Waals surface area contributed by atoms with Crippen LogP contribution in [0.25, 0.3) is 11.1 Å². The first kappa shape index (κ1) is 20.0. The van der Waals surface area contributed by atoms with E-state index >= 15 is 0 Å². The van der Waals surface area contributed by atoms with E-state index in [2.05, 4.69) is 24.3 Å². The summed E-state index contributed by atoms with van der Waals surface area (Å²) in [4.78, 5) is 4.25. The minimum Gasteiger partial charge on any atom is -0.455 e. The van der Waals surface area contributed by atoms with Gasteiger partial charge in [0.25, 0.3) is 0 Å². The highest BCUT2D eigenvalue weighted by molar-refractivity contribution is 7.86. The number of hydrogen-bond donors (Lipinski definition) is 2. The van der Waals surface area contributed by atoms with Crippen LogP contribution in [0, 0.1) is 17.1 Å². The fraction of sp³-hybridized carbons (Fsp3) is 0. The number of rotatable bonds is 6. The average Bonchev–Trinajstić information content (AvgIpc) is 3.45. The molecule has 12 heteroatoms. The van der Waals surface area contributed by atoms with E-state index < -0.39 is 16.8 Å². The quantitative estimate of drug-likeness (QED) is 0.437. The van der Waals surface area contributed by atoms with Gasteiger partial charge in [-0.3, -0.25) is 9.82 Å². The van der Waals surface area contributed by atoms with Crippen molar-refractivity contribution < 1.29 is 13.3 Å². The molecule has 0 aliphatic carbocycles. The van der Waals surface area contributed by atoms with Gasteiger partial charge in [0.05, 0.1) is 21.7 Å². The molecule has 1 atom stereocenters. The van der Waals surface area contributed by atoms with E-state index in [9.17, 15) is 13.9 Å². The van der Waals surface area contributed by atoms with E-state index in [1.807, 2.05) is 6.07 Å². The molecule has 0 aliphatic rings. The van der Waals surface area contributed by atoms with Crippen molar-refractivity contribution in [1.82, 2.24) is 19.6 Å². The van der Waals surface area contributed by atoms with Crippen LogP contribution in [0.15, 0.2) is 53.9 Å². The van der Waals surface area contributed by atoms with Crippen molar-refractivity contribution in [2.45, 2.75) is 4.90 Å². The zero-order chi connectivity index (χ0) is 21.1. The predicted octanol–water partition coefficient (Wildman–Crippen LogP) is 4.52. The highest BCUT2D eigenvalue weighted by atomic mass is 35.5. The lowest BCUT2D eigenvalue weighted by Crippen LogP contribution is -2.05. The van der Waals surface area contributed by atoms with E-state index in [0.717, 1.165) is 17.6 Å². The summed E-state index contributed by atoms with van der Waals surface area (Å²) in [5.41, 5.74) is 1.24. The minimum absolute atomic E-state index is 0.0763. The third kappa shape index (κ3) is 4.16. The summed E-state index contributed by atoms with van der Waals surface area (Å²) < 4.78 is 38.9. The molecule has 0 radical (unpaired) electrons. The summed E-state index contributed by atoms with van der Waals surface area (Å²) in [5, 5.41) is 16.4. The molecule has 150 valence electrons. The van der Waals surface area contributed by atoms with Crippen LogP contribution in [-0.2, 0) is 11.0 Å². The van der Waals surface area contributed by atoms with E-state index in [-0.39, 0.29) is 22.1 Å². The Morgan fingerprint density at radius 2 is 2.17 bits per heavy atom. The van der Waals surface area contributed by atoms with E-state index in [1.165, 1.54) is 36.8 Å². The number of aromatic amines is 1. The molecular weight excluding hydrogens is 451 g/mol. The Bertz CT molecular complexity index is 1260. The van der Waals surface area contributed by atoms with Crippen LogP contribution in [0.5, 0.6) is 11.5 Å². The second-order valence-electron chi connectivity index (χ2n) is 5.74.